The fraction of sp³-hybridized carbons (Fsp3) is 0.917. The van der Waals surface area contributed by atoms with Gasteiger partial charge in [0.25, 0.3) is 0 Å². The molecule has 4 heteroatoms. The van der Waals surface area contributed by atoms with E-state index in [2.05, 4.69) is 0 Å². The summed E-state index contributed by atoms with van der Waals surface area (Å²) in [6.45, 7) is 3.07. The van der Waals surface area contributed by atoms with Crippen LogP contribution in [0.15, 0.2) is 0 Å². The van der Waals surface area contributed by atoms with Crippen molar-refractivity contribution in [2.45, 2.75) is 56.8 Å². The number of rotatable bonds is 4. The second kappa shape index (κ2) is 6.21. The monoisotopic (exact) mass is 227 g/mol. The Labute approximate surface area is 96.2 Å². The summed E-state index contributed by atoms with van der Waals surface area (Å²) in [6.07, 6.45) is 6.10. The Balaban J connectivity index is 1.93. The standard InChI is InChI=1S/C12H19O4/c13-9-16-12(10-5-1-3-7-14-10)11-6-2-4-8-15-11/h10-12H,1-8H2. The number of ether oxygens (including phenoxy) is 3. The summed E-state index contributed by atoms with van der Waals surface area (Å²) in [6, 6.07) is 0. The molecule has 2 unspecified atom stereocenters. The van der Waals surface area contributed by atoms with Gasteiger partial charge in [0.05, 0.1) is 12.2 Å². The Morgan fingerprint density at radius 2 is 1.56 bits per heavy atom. The normalized spacial score (nSPS) is 33.0. The summed E-state index contributed by atoms with van der Waals surface area (Å²) in [5.74, 6) is 0. The zero-order chi connectivity index (χ0) is 11.2. The topological polar surface area (TPSA) is 44.8 Å². The maximum atomic E-state index is 10.4. The molecule has 0 amide bonds. The SMILES string of the molecule is O=[C]OC(C1CCCCO1)C1CCCCO1. The minimum atomic E-state index is -0.266. The molecular formula is C12H19O4. The van der Waals surface area contributed by atoms with Gasteiger partial charge in [-0.2, -0.15) is 0 Å². The average Bonchev–Trinajstić information content (AvgIpc) is 2.38. The first kappa shape index (κ1) is 11.9. The van der Waals surface area contributed by atoms with E-state index in [1.807, 2.05) is 0 Å². The van der Waals surface area contributed by atoms with Gasteiger partial charge in [0.15, 0.2) is 6.10 Å². The second-order valence-electron chi connectivity index (χ2n) is 4.48. The van der Waals surface area contributed by atoms with Crippen molar-refractivity contribution in [3.63, 3.8) is 0 Å². The Kier molecular flexibility index (Phi) is 4.60. The zero-order valence-electron chi connectivity index (χ0n) is 9.52. The van der Waals surface area contributed by atoms with Crippen molar-refractivity contribution in [2.24, 2.45) is 0 Å². The molecule has 2 aliphatic heterocycles. The van der Waals surface area contributed by atoms with Crippen molar-refractivity contribution in [1.29, 1.82) is 0 Å². The molecule has 2 fully saturated rings. The van der Waals surface area contributed by atoms with Gasteiger partial charge in [-0.25, -0.2) is 4.79 Å². The molecule has 0 aromatic carbocycles. The zero-order valence-corrected chi connectivity index (χ0v) is 9.52. The molecular weight excluding hydrogens is 208 g/mol. The molecule has 91 valence electrons. The second-order valence-corrected chi connectivity index (χ2v) is 4.48. The highest BCUT2D eigenvalue weighted by molar-refractivity contribution is 5.39. The molecule has 2 saturated heterocycles. The van der Waals surface area contributed by atoms with Crippen molar-refractivity contribution in [3.05, 3.63) is 0 Å². The van der Waals surface area contributed by atoms with Crippen LogP contribution in [0.3, 0.4) is 0 Å². The predicted octanol–water partition coefficient (Wildman–Crippen LogP) is 1.58. The lowest BCUT2D eigenvalue weighted by Gasteiger charge is -2.35. The summed E-state index contributed by atoms with van der Waals surface area (Å²) in [4.78, 5) is 10.4. The van der Waals surface area contributed by atoms with Crippen LogP contribution in [0.1, 0.15) is 38.5 Å². The van der Waals surface area contributed by atoms with Crippen LogP contribution in [-0.2, 0) is 19.0 Å². The van der Waals surface area contributed by atoms with Gasteiger partial charge < -0.3 is 14.2 Å². The fourth-order valence-corrected chi connectivity index (χ4v) is 2.50. The minimum Gasteiger partial charge on any atom is -0.448 e. The smallest absolute Gasteiger partial charge is 0.417 e. The molecule has 0 aromatic heterocycles. The van der Waals surface area contributed by atoms with E-state index in [4.69, 9.17) is 14.2 Å². The first-order chi connectivity index (χ1) is 7.92. The molecule has 0 aromatic rings. The maximum absolute atomic E-state index is 10.4. The molecule has 0 saturated carbocycles. The Hall–Kier alpha value is -0.610. The first-order valence-electron chi connectivity index (χ1n) is 6.18. The summed E-state index contributed by atoms with van der Waals surface area (Å²) >= 11 is 0. The Bertz CT molecular complexity index is 189. The summed E-state index contributed by atoms with van der Waals surface area (Å²) in [5, 5.41) is 0. The molecule has 0 aliphatic carbocycles. The Morgan fingerprint density at radius 1 is 1.00 bits per heavy atom. The summed E-state index contributed by atoms with van der Waals surface area (Å²) in [7, 11) is 0. The predicted molar refractivity (Wildman–Crippen MR) is 57.7 cm³/mol. The van der Waals surface area contributed by atoms with E-state index < -0.39 is 0 Å². The van der Waals surface area contributed by atoms with Crippen molar-refractivity contribution < 1.29 is 19.0 Å². The molecule has 0 N–H and O–H groups in total. The lowest BCUT2D eigenvalue weighted by atomic mass is 9.95. The summed E-state index contributed by atoms with van der Waals surface area (Å²) < 4.78 is 16.4. The van der Waals surface area contributed by atoms with Gasteiger partial charge >= 0.3 is 6.47 Å². The van der Waals surface area contributed by atoms with Gasteiger partial charge in [0.2, 0.25) is 0 Å². The highest BCUT2D eigenvalue weighted by Crippen LogP contribution is 2.25. The van der Waals surface area contributed by atoms with Crippen molar-refractivity contribution >= 4 is 6.47 Å². The highest BCUT2D eigenvalue weighted by Gasteiger charge is 2.34. The number of hydrogen-bond donors (Lipinski definition) is 0. The van der Waals surface area contributed by atoms with Crippen LogP contribution in [0.2, 0.25) is 0 Å². The van der Waals surface area contributed by atoms with Gasteiger partial charge in [-0.1, -0.05) is 0 Å². The number of carbonyl (C=O) groups excluding carboxylic acids is 1. The maximum Gasteiger partial charge on any atom is 0.417 e. The quantitative estimate of drug-likeness (QED) is 0.731. The van der Waals surface area contributed by atoms with Crippen LogP contribution in [0.25, 0.3) is 0 Å². The van der Waals surface area contributed by atoms with Crippen LogP contribution in [-0.4, -0.2) is 38.0 Å². The molecule has 2 atom stereocenters. The third-order valence-corrected chi connectivity index (χ3v) is 3.35. The van der Waals surface area contributed by atoms with Crippen LogP contribution in [0, 0.1) is 0 Å². The van der Waals surface area contributed by atoms with Crippen molar-refractivity contribution in [2.75, 3.05) is 13.2 Å². The highest BCUT2D eigenvalue weighted by atomic mass is 16.6. The van der Waals surface area contributed by atoms with Gasteiger partial charge in [-0.3, -0.25) is 0 Å². The van der Waals surface area contributed by atoms with Crippen molar-refractivity contribution in [1.82, 2.24) is 0 Å². The van der Waals surface area contributed by atoms with Gasteiger partial charge in [-0.15, -0.1) is 0 Å². The minimum absolute atomic E-state index is 0.00157. The molecule has 2 rings (SSSR count). The fourth-order valence-electron chi connectivity index (χ4n) is 2.50. The van der Waals surface area contributed by atoms with E-state index in [-0.39, 0.29) is 18.3 Å². The third kappa shape index (κ3) is 2.95. The van der Waals surface area contributed by atoms with E-state index in [0.29, 0.717) is 0 Å². The van der Waals surface area contributed by atoms with Crippen LogP contribution < -0.4 is 0 Å². The molecule has 0 spiro atoms. The van der Waals surface area contributed by atoms with Gasteiger partial charge in [-0.05, 0) is 38.5 Å². The van der Waals surface area contributed by atoms with Crippen LogP contribution >= 0.6 is 0 Å². The lowest BCUT2D eigenvalue weighted by molar-refractivity contribution is -0.129. The summed E-state index contributed by atoms with van der Waals surface area (Å²) in [5.41, 5.74) is 0. The molecule has 4 nitrogen and oxygen atoms in total. The van der Waals surface area contributed by atoms with E-state index in [0.717, 1.165) is 51.7 Å². The molecule has 2 aliphatic rings. The van der Waals surface area contributed by atoms with E-state index >= 15 is 0 Å². The molecule has 1 radical (unpaired) electrons. The van der Waals surface area contributed by atoms with Gasteiger partial charge in [0, 0.05) is 13.2 Å². The number of hydrogen-bond acceptors (Lipinski definition) is 4. The third-order valence-electron chi connectivity index (χ3n) is 3.35. The van der Waals surface area contributed by atoms with E-state index in [1.54, 1.807) is 6.47 Å². The van der Waals surface area contributed by atoms with Gasteiger partial charge in [0.1, 0.15) is 0 Å². The average molecular weight is 227 g/mol. The molecule has 16 heavy (non-hydrogen) atoms. The van der Waals surface area contributed by atoms with E-state index in [9.17, 15) is 4.79 Å². The van der Waals surface area contributed by atoms with Crippen molar-refractivity contribution in [3.8, 4) is 0 Å². The molecule has 0 bridgehead atoms. The first-order valence-corrected chi connectivity index (χ1v) is 6.18. The molecule has 2 heterocycles. The van der Waals surface area contributed by atoms with Crippen LogP contribution in [0.5, 0.6) is 0 Å². The lowest BCUT2D eigenvalue weighted by Crippen LogP contribution is -2.45. The van der Waals surface area contributed by atoms with E-state index in [1.165, 1.54) is 0 Å². The Morgan fingerprint density at radius 3 is 1.94 bits per heavy atom. The largest absolute Gasteiger partial charge is 0.448 e. The van der Waals surface area contributed by atoms with Crippen LogP contribution in [0.4, 0.5) is 0 Å².